The first-order valence-corrected chi connectivity index (χ1v) is 12.7. The third-order valence-corrected chi connectivity index (χ3v) is 7.04. The molecule has 0 bridgehead atoms. The fourth-order valence-electron chi connectivity index (χ4n) is 4.79. The molecule has 1 aliphatic rings. The van der Waals surface area contributed by atoms with Gasteiger partial charge in [0.2, 0.25) is 0 Å². The molecule has 1 atom stereocenters. The minimum Gasteiger partial charge on any atom is -0.489 e. The standard InChI is InChI=1S/C31H26ClNO5/c32-27-15-7-1-10-21(27)18-37-29-16-8-2-9-20(29)17-28(30(34)35)33-31(36)38-19-26-24-13-5-3-11-22(24)23-12-4-6-14-25(23)26/h1-16,26,28H,17-19H2,(H,33,36)(H,34,35). The highest BCUT2D eigenvalue weighted by atomic mass is 35.5. The molecule has 0 heterocycles. The Bertz CT molecular complexity index is 1420. The molecule has 0 spiro atoms. The summed E-state index contributed by atoms with van der Waals surface area (Å²) >= 11 is 6.23. The van der Waals surface area contributed by atoms with Crippen LogP contribution >= 0.6 is 11.6 Å². The Kier molecular flexibility index (Phi) is 7.61. The maximum absolute atomic E-state index is 12.7. The van der Waals surface area contributed by atoms with Gasteiger partial charge in [-0.3, -0.25) is 0 Å². The number of aliphatic carboxylic acids is 1. The quantitative estimate of drug-likeness (QED) is 0.261. The number of ether oxygens (including phenoxy) is 2. The summed E-state index contributed by atoms with van der Waals surface area (Å²) < 4.78 is 11.5. The highest BCUT2D eigenvalue weighted by Crippen LogP contribution is 2.44. The van der Waals surface area contributed by atoms with Gasteiger partial charge >= 0.3 is 12.1 Å². The maximum Gasteiger partial charge on any atom is 0.407 e. The molecule has 0 aromatic heterocycles. The van der Waals surface area contributed by atoms with E-state index in [4.69, 9.17) is 21.1 Å². The van der Waals surface area contributed by atoms with Crippen molar-refractivity contribution < 1.29 is 24.2 Å². The molecule has 1 aliphatic carbocycles. The van der Waals surface area contributed by atoms with Crippen LogP contribution in [0.15, 0.2) is 97.1 Å². The van der Waals surface area contributed by atoms with Gasteiger partial charge < -0.3 is 19.9 Å². The molecule has 5 rings (SSSR count). The van der Waals surface area contributed by atoms with Gasteiger partial charge in [0.25, 0.3) is 0 Å². The van der Waals surface area contributed by atoms with Gasteiger partial charge in [-0.2, -0.15) is 0 Å². The van der Waals surface area contributed by atoms with Crippen molar-refractivity contribution in [1.82, 2.24) is 5.32 Å². The molecule has 4 aromatic rings. The van der Waals surface area contributed by atoms with Crippen LogP contribution in [-0.2, 0) is 22.6 Å². The number of benzene rings is 4. The summed E-state index contributed by atoms with van der Waals surface area (Å²) in [6.45, 7) is 0.331. The van der Waals surface area contributed by atoms with Gasteiger partial charge in [-0.15, -0.1) is 0 Å². The molecule has 0 saturated carbocycles. The van der Waals surface area contributed by atoms with E-state index in [9.17, 15) is 14.7 Å². The first-order valence-electron chi connectivity index (χ1n) is 12.3. The molecule has 0 fully saturated rings. The second-order valence-corrected chi connectivity index (χ2v) is 9.46. The Balaban J connectivity index is 1.24. The minimum atomic E-state index is -1.20. The van der Waals surface area contributed by atoms with Crippen molar-refractivity contribution in [3.8, 4) is 16.9 Å². The van der Waals surface area contributed by atoms with Crippen molar-refractivity contribution in [2.24, 2.45) is 0 Å². The zero-order chi connectivity index (χ0) is 26.5. The van der Waals surface area contributed by atoms with E-state index >= 15 is 0 Å². The minimum absolute atomic E-state index is 0.0260. The summed E-state index contributed by atoms with van der Waals surface area (Å²) in [7, 11) is 0. The number of para-hydroxylation sites is 1. The summed E-state index contributed by atoms with van der Waals surface area (Å²) in [5.41, 5.74) is 5.87. The number of hydrogen-bond donors (Lipinski definition) is 2. The number of hydrogen-bond acceptors (Lipinski definition) is 4. The van der Waals surface area contributed by atoms with Gasteiger partial charge in [-0.25, -0.2) is 9.59 Å². The first kappa shape index (κ1) is 25.4. The monoisotopic (exact) mass is 527 g/mol. The summed E-state index contributed by atoms with van der Waals surface area (Å²) in [5, 5.41) is 12.9. The third-order valence-electron chi connectivity index (χ3n) is 6.67. The largest absolute Gasteiger partial charge is 0.489 e. The van der Waals surface area contributed by atoms with E-state index in [1.165, 1.54) is 0 Å². The summed E-state index contributed by atoms with van der Waals surface area (Å²) in [6, 6.07) is 29.4. The SMILES string of the molecule is O=C(NC(Cc1ccccc1OCc1ccccc1Cl)C(=O)O)OCC1c2ccccc2-c2ccccc21. The van der Waals surface area contributed by atoms with Gasteiger partial charge in [0, 0.05) is 22.9 Å². The lowest BCUT2D eigenvalue weighted by molar-refractivity contribution is -0.139. The molecule has 4 aromatic carbocycles. The van der Waals surface area contributed by atoms with Crippen LogP contribution in [0.3, 0.4) is 0 Å². The van der Waals surface area contributed by atoms with Crippen LogP contribution in [0.5, 0.6) is 5.75 Å². The predicted octanol–water partition coefficient (Wildman–Crippen LogP) is 6.45. The average Bonchev–Trinajstić information content (AvgIpc) is 3.25. The lowest BCUT2D eigenvalue weighted by Gasteiger charge is -2.19. The first-order chi connectivity index (χ1) is 18.5. The lowest BCUT2D eigenvalue weighted by atomic mass is 9.98. The van der Waals surface area contributed by atoms with Crippen molar-refractivity contribution in [2.75, 3.05) is 6.61 Å². The topological polar surface area (TPSA) is 84.9 Å². The molecular formula is C31H26ClNO5. The van der Waals surface area contributed by atoms with E-state index in [-0.39, 0.29) is 25.6 Å². The van der Waals surface area contributed by atoms with E-state index in [2.05, 4.69) is 17.4 Å². The van der Waals surface area contributed by atoms with Crippen molar-refractivity contribution >= 4 is 23.7 Å². The average molecular weight is 528 g/mol. The number of halogens is 1. The molecule has 38 heavy (non-hydrogen) atoms. The highest BCUT2D eigenvalue weighted by molar-refractivity contribution is 6.31. The van der Waals surface area contributed by atoms with Crippen molar-refractivity contribution in [3.05, 3.63) is 124 Å². The number of fused-ring (bicyclic) bond motifs is 3. The molecule has 0 aliphatic heterocycles. The van der Waals surface area contributed by atoms with Crippen LogP contribution in [0.25, 0.3) is 11.1 Å². The zero-order valence-electron chi connectivity index (χ0n) is 20.5. The number of carbonyl (C=O) groups excluding carboxylic acids is 1. The van der Waals surface area contributed by atoms with E-state index in [0.29, 0.717) is 16.3 Å². The van der Waals surface area contributed by atoms with E-state index in [1.807, 2.05) is 54.6 Å². The molecule has 6 nitrogen and oxygen atoms in total. The molecular weight excluding hydrogens is 502 g/mol. The smallest absolute Gasteiger partial charge is 0.407 e. The number of rotatable bonds is 9. The van der Waals surface area contributed by atoms with Crippen molar-refractivity contribution in [3.63, 3.8) is 0 Å². The molecule has 0 saturated heterocycles. The number of amides is 1. The van der Waals surface area contributed by atoms with Gasteiger partial charge in [-0.05, 0) is 39.9 Å². The van der Waals surface area contributed by atoms with Gasteiger partial charge in [0.15, 0.2) is 0 Å². The van der Waals surface area contributed by atoms with Crippen molar-refractivity contribution in [2.45, 2.75) is 25.0 Å². The number of carboxylic acid groups (broad SMARTS) is 1. The van der Waals surface area contributed by atoms with Crippen LogP contribution in [0, 0.1) is 0 Å². The lowest BCUT2D eigenvalue weighted by Crippen LogP contribution is -2.43. The number of carbonyl (C=O) groups is 2. The molecule has 2 N–H and O–H groups in total. The van der Waals surface area contributed by atoms with E-state index in [1.54, 1.807) is 30.3 Å². The molecule has 1 unspecified atom stereocenters. The third kappa shape index (κ3) is 5.50. The van der Waals surface area contributed by atoms with Crippen LogP contribution in [0.1, 0.15) is 28.2 Å². The van der Waals surface area contributed by atoms with Gasteiger partial charge in [0.05, 0.1) is 0 Å². The zero-order valence-corrected chi connectivity index (χ0v) is 21.2. The summed E-state index contributed by atoms with van der Waals surface area (Å²) in [6.07, 6.45) is -0.758. The van der Waals surface area contributed by atoms with Gasteiger partial charge in [0.1, 0.15) is 25.0 Å². The van der Waals surface area contributed by atoms with Crippen molar-refractivity contribution in [1.29, 1.82) is 0 Å². The fraction of sp³-hybridized carbons (Fsp3) is 0.161. The van der Waals surface area contributed by atoms with Gasteiger partial charge in [-0.1, -0.05) is 96.5 Å². The van der Waals surface area contributed by atoms with E-state index in [0.717, 1.165) is 27.8 Å². The maximum atomic E-state index is 12.7. The highest BCUT2D eigenvalue weighted by Gasteiger charge is 2.30. The fourth-order valence-corrected chi connectivity index (χ4v) is 4.98. The Morgan fingerprint density at radius 2 is 1.39 bits per heavy atom. The Morgan fingerprint density at radius 1 is 0.816 bits per heavy atom. The molecule has 0 radical (unpaired) electrons. The Labute approximate surface area is 225 Å². The number of nitrogens with one attached hydrogen (secondary N) is 1. The van der Waals surface area contributed by atoms with Crippen LogP contribution < -0.4 is 10.1 Å². The molecule has 192 valence electrons. The van der Waals surface area contributed by atoms with E-state index < -0.39 is 18.1 Å². The number of carboxylic acids is 1. The Morgan fingerprint density at radius 3 is 2.05 bits per heavy atom. The van der Waals surface area contributed by atoms with Crippen LogP contribution in [0.4, 0.5) is 4.79 Å². The summed E-state index contributed by atoms with van der Waals surface area (Å²) in [4.78, 5) is 24.8. The normalized spacial score (nSPS) is 12.8. The summed E-state index contributed by atoms with van der Waals surface area (Å²) in [5.74, 6) is -0.761. The second-order valence-electron chi connectivity index (χ2n) is 9.05. The predicted molar refractivity (Wildman–Crippen MR) is 146 cm³/mol. The van der Waals surface area contributed by atoms with Crippen LogP contribution in [0.2, 0.25) is 5.02 Å². The second kappa shape index (κ2) is 11.4. The molecule has 7 heteroatoms. The molecule has 1 amide bonds. The van der Waals surface area contributed by atoms with Crippen LogP contribution in [-0.4, -0.2) is 29.8 Å². The number of alkyl carbamates (subject to hydrolysis) is 1. The Hall–Kier alpha value is -4.29.